The van der Waals surface area contributed by atoms with E-state index in [1.165, 1.54) is 17.0 Å². The highest BCUT2D eigenvalue weighted by Gasteiger charge is 2.17. The van der Waals surface area contributed by atoms with Gasteiger partial charge < -0.3 is 10.2 Å². The van der Waals surface area contributed by atoms with Crippen LogP contribution in [0.4, 0.5) is 5.69 Å². The number of hydrogen-bond acceptors (Lipinski definition) is 5. The lowest BCUT2D eigenvalue weighted by Gasteiger charge is -2.36. The average Bonchev–Trinajstić information content (AvgIpc) is 3.26. The molecule has 0 radical (unpaired) electrons. The van der Waals surface area contributed by atoms with Crippen LogP contribution in [0, 0.1) is 0 Å². The van der Waals surface area contributed by atoms with E-state index in [1.54, 1.807) is 0 Å². The Hall–Kier alpha value is -2.70. The second-order valence-electron chi connectivity index (χ2n) is 6.82. The summed E-state index contributed by atoms with van der Waals surface area (Å²) in [7, 11) is 0. The Balaban J connectivity index is 1.22. The Morgan fingerprint density at radius 1 is 0.964 bits per heavy atom. The van der Waals surface area contributed by atoms with Gasteiger partial charge in [-0.3, -0.25) is 9.69 Å². The number of para-hydroxylation sites is 1. The lowest BCUT2D eigenvalue weighted by molar-refractivity contribution is 0.0943. The van der Waals surface area contributed by atoms with Crippen molar-refractivity contribution in [1.29, 1.82) is 0 Å². The third kappa shape index (κ3) is 4.58. The molecule has 1 fully saturated rings. The number of carbonyl (C=O) groups excluding carboxylic acids is 1. The van der Waals surface area contributed by atoms with Gasteiger partial charge in [0.05, 0.1) is 0 Å². The second kappa shape index (κ2) is 8.99. The van der Waals surface area contributed by atoms with Gasteiger partial charge in [0.1, 0.15) is 10.7 Å². The monoisotopic (exact) mass is 392 g/mol. The van der Waals surface area contributed by atoms with Gasteiger partial charge in [0.2, 0.25) is 0 Å². The molecule has 6 heteroatoms. The average molecular weight is 393 g/mol. The summed E-state index contributed by atoms with van der Waals surface area (Å²) >= 11 is 1.50. The summed E-state index contributed by atoms with van der Waals surface area (Å²) in [6.07, 6.45) is 0. The molecule has 144 valence electrons. The number of benzene rings is 2. The Morgan fingerprint density at radius 3 is 2.36 bits per heavy atom. The molecule has 2 heterocycles. The molecule has 1 N–H and O–H groups in total. The van der Waals surface area contributed by atoms with Gasteiger partial charge >= 0.3 is 0 Å². The molecular weight excluding hydrogens is 368 g/mol. The van der Waals surface area contributed by atoms with Gasteiger partial charge in [-0.15, -0.1) is 11.3 Å². The zero-order chi connectivity index (χ0) is 19.2. The minimum atomic E-state index is -0.0960. The molecule has 1 saturated heterocycles. The molecule has 3 aromatic rings. The lowest BCUT2D eigenvalue weighted by atomic mass is 10.2. The van der Waals surface area contributed by atoms with E-state index in [9.17, 15) is 4.79 Å². The molecule has 1 aliphatic heterocycles. The third-order valence-electron chi connectivity index (χ3n) is 4.96. The Kier molecular flexibility index (Phi) is 5.99. The molecule has 28 heavy (non-hydrogen) atoms. The van der Waals surface area contributed by atoms with Crippen molar-refractivity contribution in [2.75, 3.05) is 44.2 Å². The number of carbonyl (C=O) groups is 1. The maximum Gasteiger partial charge on any atom is 0.270 e. The van der Waals surface area contributed by atoms with Crippen molar-refractivity contribution in [2.45, 2.75) is 0 Å². The Bertz CT molecular complexity index is 889. The first kappa shape index (κ1) is 18.7. The first-order valence-electron chi connectivity index (χ1n) is 9.61. The molecule has 1 aliphatic rings. The predicted molar refractivity (Wildman–Crippen MR) is 115 cm³/mol. The second-order valence-corrected chi connectivity index (χ2v) is 7.68. The minimum absolute atomic E-state index is 0.0960. The largest absolute Gasteiger partial charge is 0.369 e. The molecule has 0 aliphatic carbocycles. The van der Waals surface area contributed by atoms with Gasteiger partial charge in [0, 0.05) is 55.9 Å². The van der Waals surface area contributed by atoms with Crippen LogP contribution < -0.4 is 10.2 Å². The van der Waals surface area contributed by atoms with Crippen LogP contribution in [-0.2, 0) is 0 Å². The van der Waals surface area contributed by atoms with Gasteiger partial charge in [-0.05, 0) is 12.1 Å². The number of amides is 1. The van der Waals surface area contributed by atoms with E-state index in [0.29, 0.717) is 12.2 Å². The molecule has 2 aromatic carbocycles. The first-order valence-corrected chi connectivity index (χ1v) is 10.5. The van der Waals surface area contributed by atoms with Gasteiger partial charge in [-0.25, -0.2) is 4.98 Å². The fourth-order valence-electron chi connectivity index (χ4n) is 3.38. The predicted octanol–water partition coefficient (Wildman–Crippen LogP) is 3.36. The molecule has 0 bridgehead atoms. The van der Waals surface area contributed by atoms with E-state index in [1.807, 2.05) is 41.8 Å². The van der Waals surface area contributed by atoms with Crippen LogP contribution in [0.25, 0.3) is 10.6 Å². The summed E-state index contributed by atoms with van der Waals surface area (Å²) in [4.78, 5) is 21.7. The summed E-state index contributed by atoms with van der Waals surface area (Å²) < 4.78 is 0. The van der Waals surface area contributed by atoms with Crippen molar-refractivity contribution in [2.24, 2.45) is 0 Å². The molecule has 1 aromatic heterocycles. The van der Waals surface area contributed by atoms with Crippen LogP contribution in [0.15, 0.2) is 66.0 Å². The van der Waals surface area contributed by atoms with Crippen LogP contribution in [0.2, 0.25) is 0 Å². The summed E-state index contributed by atoms with van der Waals surface area (Å²) in [5.74, 6) is -0.0960. The van der Waals surface area contributed by atoms with Gasteiger partial charge in [-0.1, -0.05) is 48.5 Å². The van der Waals surface area contributed by atoms with Crippen LogP contribution in [0.1, 0.15) is 10.5 Å². The summed E-state index contributed by atoms with van der Waals surface area (Å²) in [6, 6.07) is 20.5. The van der Waals surface area contributed by atoms with Gasteiger partial charge in [0.25, 0.3) is 5.91 Å². The molecule has 0 atom stereocenters. The number of anilines is 1. The van der Waals surface area contributed by atoms with Crippen molar-refractivity contribution in [3.05, 3.63) is 71.7 Å². The van der Waals surface area contributed by atoms with Gasteiger partial charge in [0.15, 0.2) is 0 Å². The highest BCUT2D eigenvalue weighted by atomic mass is 32.1. The van der Waals surface area contributed by atoms with E-state index in [0.717, 1.165) is 43.3 Å². The summed E-state index contributed by atoms with van der Waals surface area (Å²) in [5, 5.41) is 5.71. The third-order valence-corrected chi connectivity index (χ3v) is 5.86. The van der Waals surface area contributed by atoms with Crippen LogP contribution in [0.5, 0.6) is 0 Å². The van der Waals surface area contributed by atoms with Crippen LogP contribution in [-0.4, -0.2) is 55.1 Å². The standard InChI is InChI=1S/C22H24N4OS/c27-21(20-17-28-22(24-20)18-7-3-1-4-8-18)23-11-12-25-13-15-26(16-14-25)19-9-5-2-6-10-19/h1-10,17H,11-16H2,(H,23,27). The van der Waals surface area contributed by atoms with Crippen molar-refractivity contribution >= 4 is 22.9 Å². The smallest absolute Gasteiger partial charge is 0.270 e. The Morgan fingerprint density at radius 2 is 1.64 bits per heavy atom. The highest BCUT2D eigenvalue weighted by molar-refractivity contribution is 7.13. The topological polar surface area (TPSA) is 48.5 Å². The first-order chi connectivity index (χ1) is 13.8. The molecule has 0 spiro atoms. The van der Waals surface area contributed by atoms with Gasteiger partial charge in [-0.2, -0.15) is 0 Å². The number of thiazole rings is 1. The number of nitrogens with zero attached hydrogens (tertiary/aromatic N) is 3. The molecular formula is C22H24N4OS. The number of piperazine rings is 1. The quantitative estimate of drug-likeness (QED) is 0.699. The number of hydrogen-bond donors (Lipinski definition) is 1. The maximum absolute atomic E-state index is 12.4. The van der Waals surface area contributed by atoms with Crippen molar-refractivity contribution in [3.8, 4) is 10.6 Å². The molecule has 0 unspecified atom stereocenters. The molecule has 1 amide bonds. The van der Waals surface area contributed by atoms with E-state index in [4.69, 9.17) is 0 Å². The van der Waals surface area contributed by atoms with Crippen molar-refractivity contribution < 1.29 is 4.79 Å². The summed E-state index contributed by atoms with van der Waals surface area (Å²) in [5.41, 5.74) is 2.83. The van der Waals surface area contributed by atoms with Crippen LogP contribution in [0.3, 0.4) is 0 Å². The van der Waals surface area contributed by atoms with E-state index < -0.39 is 0 Å². The fraction of sp³-hybridized carbons (Fsp3) is 0.273. The molecule has 0 saturated carbocycles. The number of rotatable bonds is 6. The normalized spacial score (nSPS) is 14.8. The highest BCUT2D eigenvalue weighted by Crippen LogP contribution is 2.23. The minimum Gasteiger partial charge on any atom is -0.369 e. The molecule has 4 rings (SSSR count). The zero-order valence-corrected chi connectivity index (χ0v) is 16.6. The number of aromatic nitrogens is 1. The zero-order valence-electron chi connectivity index (χ0n) is 15.8. The Labute approximate surface area is 169 Å². The lowest BCUT2D eigenvalue weighted by Crippen LogP contribution is -2.48. The van der Waals surface area contributed by atoms with E-state index in [-0.39, 0.29) is 5.91 Å². The van der Waals surface area contributed by atoms with E-state index in [2.05, 4.69) is 44.4 Å². The van der Waals surface area contributed by atoms with E-state index >= 15 is 0 Å². The molecule has 5 nitrogen and oxygen atoms in total. The SMILES string of the molecule is O=C(NCCN1CCN(c2ccccc2)CC1)c1csc(-c2ccccc2)n1. The summed E-state index contributed by atoms with van der Waals surface area (Å²) in [6.45, 7) is 5.57. The number of nitrogens with one attached hydrogen (secondary N) is 1. The maximum atomic E-state index is 12.4. The van der Waals surface area contributed by atoms with Crippen LogP contribution >= 0.6 is 11.3 Å². The van der Waals surface area contributed by atoms with Crippen molar-refractivity contribution in [1.82, 2.24) is 15.2 Å². The fourth-order valence-corrected chi connectivity index (χ4v) is 4.18. The van der Waals surface area contributed by atoms with Crippen molar-refractivity contribution in [3.63, 3.8) is 0 Å².